The first-order valence-corrected chi connectivity index (χ1v) is 17.7. The van der Waals surface area contributed by atoms with Gasteiger partial charge in [-0.1, -0.05) is 107 Å². The predicted octanol–water partition coefficient (Wildman–Crippen LogP) is 9.27. The van der Waals surface area contributed by atoms with Gasteiger partial charge in [0.15, 0.2) is 0 Å². The Morgan fingerprint density at radius 3 is 1.45 bits per heavy atom. The van der Waals surface area contributed by atoms with Gasteiger partial charge in [-0.25, -0.2) is 0 Å². The van der Waals surface area contributed by atoms with Crippen molar-refractivity contribution < 1.29 is 20.8 Å². The van der Waals surface area contributed by atoms with E-state index in [0.29, 0.717) is 24.9 Å². The van der Waals surface area contributed by atoms with E-state index >= 15 is 0 Å². The van der Waals surface area contributed by atoms with Gasteiger partial charge in [-0.05, 0) is 36.8 Å². The number of aromatic nitrogens is 1. The van der Waals surface area contributed by atoms with Crippen molar-refractivity contribution in [3.05, 3.63) is 99.9 Å². The SMILES string of the molecule is CC(C)Cc1ccccc1[N-]Cc1cccc(C[N-]c2ccccc2CC(C)C)n1.[Cl][Zr+2][Cl]. The molecular formula is C27H33Cl2N3Zr. The monoisotopic (exact) mass is 559 g/mol. The minimum absolute atomic E-state index is 0.590. The molecule has 33 heavy (non-hydrogen) atoms. The van der Waals surface area contributed by atoms with E-state index < -0.39 is 20.8 Å². The summed E-state index contributed by atoms with van der Waals surface area (Å²) >= 11 is -0.826. The third-order valence-corrected chi connectivity index (χ3v) is 4.93. The van der Waals surface area contributed by atoms with Crippen LogP contribution in [0, 0.1) is 11.8 Å². The molecule has 0 bridgehead atoms. The van der Waals surface area contributed by atoms with Gasteiger partial charge < -0.3 is 10.6 Å². The molecule has 3 aromatic rings. The maximum atomic E-state index is 4.93. The van der Waals surface area contributed by atoms with Gasteiger partial charge in [-0.2, -0.15) is 0 Å². The number of halogens is 2. The summed E-state index contributed by atoms with van der Waals surface area (Å²) < 4.78 is 0. The van der Waals surface area contributed by atoms with E-state index in [4.69, 9.17) is 32.6 Å². The van der Waals surface area contributed by atoms with E-state index in [-0.39, 0.29) is 0 Å². The molecule has 2 aromatic carbocycles. The van der Waals surface area contributed by atoms with E-state index in [2.05, 4.69) is 82.3 Å². The Labute approximate surface area is 218 Å². The van der Waals surface area contributed by atoms with Crippen molar-refractivity contribution in [2.24, 2.45) is 11.8 Å². The second-order valence-corrected chi connectivity index (χ2v) is 12.5. The number of benzene rings is 2. The van der Waals surface area contributed by atoms with Gasteiger partial charge in [0.05, 0.1) is 0 Å². The van der Waals surface area contributed by atoms with Crippen LogP contribution in [-0.2, 0) is 46.8 Å². The van der Waals surface area contributed by atoms with Crippen LogP contribution in [0.25, 0.3) is 10.6 Å². The summed E-state index contributed by atoms with van der Waals surface area (Å²) in [6.45, 7) is 10.1. The van der Waals surface area contributed by atoms with Gasteiger partial charge in [0, 0.05) is 11.4 Å². The number of hydrogen-bond acceptors (Lipinski definition) is 1. The van der Waals surface area contributed by atoms with E-state index in [0.717, 1.165) is 35.6 Å². The molecule has 0 aliphatic rings. The number of nitrogens with zero attached hydrogens (tertiary/aromatic N) is 3. The Hall–Kier alpha value is -1.35. The molecule has 1 aromatic heterocycles. The van der Waals surface area contributed by atoms with Crippen molar-refractivity contribution in [3.63, 3.8) is 0 Å². The molecule has 3 rings (SSSR count). The van der Waals surface area contributed by atoms with Crippen LogP contribution in [0.2, 0.25) is 0 Å². The number of rotatable bonds is 10. The van der Waals surface area contributed by atoms with Crippen molar-refractivity contribution in [2.75, 3.05) is 0 Å². The van der Waals surface area contributed by atoms with Crippen LogP contribution in [0.1, 0.15) is 50.2 Å². The second-order valence-electron chi connectivity index (χ2n) is 8.78. The molecule has 1 heterocycles. The summed E-state index contributed by atoms with van der Waals surface area (Å²) in [5.74, 6) is 1.23. The molecule has 0 aliphatic carbocycles. The van der Waals surface area contributed by atoms with Crippen LogP contribution in [0.3, 0.4) is 0 Å². The first kappa shape index (κ1) is 27.9. The Morgan fingerprint density at radius 1 is 0.667 bits per heavy atom. The van der Waals surface area contributed by atoms with Crippen molar-refractivity contribution in [1.82, 2.24) is 4.98 Å². The number of hydrogen-bond donors (Lipinski definition) is 0. The number of pyridine rings is 1. The molecule has 0 saturated carbocycles. The van der Waals surface area contributed by atoms with E-state index in [1.54, 1.807) is 0 Å². The second kappa shape index (κ2) is 15.5. The molecule has 0 atom stereocenters. The van der Waals surface area contributed by atoms with E-state index in [1.807, 2.05) is 12.1 Å². The fourth-order valence-corrected chi connectivity index (χ4v) is 3.59. The summed E-state index contributed by atoms with van der Waals surface area (Å²) in [6, 6.07) is 23.0. The Balaban J connectivity index is 0.00000122. The molecule has 6 heteroatoms. The zero-order valence-corrected chi connectivity index (χ0v) is 23.9. The summed E-state index contributed by atoms with van der Waals surface area (Å²) in [4.78, 5) is 4.80. The van der Waals surface area contributed by atoms with Crippen LogP contribution >= 0.6 is 17.0 Å². The zero-order chi connectivity index (χ0) is 24.1. The van der Waals surface area contributed by atoms with Crippen LogP contribution < -0.4 is 0 Å². The molecule has 3 nitrogen and oxygen atoms in total. The molecular weight excluding hydrogens is 528 g/mol. The van der Waals surface area contributed by atoms with E-state index in [9.17, 15) is 0 Å². The van der Waals surface area contributed by atoms with Gasteiger partial charge in [-0.3, -0.25) is 4.98 Å². The average Bonchev–Trinajstić information content (AvgIpc) is 2.78. The Morgan fingerprint density at radius 2 is 1.06 bits per heavy atom. The van der Waals surface area contributed by atoms with Gasteiger partial charge in [0.2, 0.25) is 0 Å². The molecule has 0 unspecified atom stereocenters. The van der Waals surface area contributed by atoms with Crippen LogP contribution in [0.15, 0.2) is 66.7 Å². The van der Waals surface area contributed by atoms with Crippen LogP contribution in [-0.4, -0.2) is 4.98 Å². The summed E-state index contributed by atoms with van der Waals surface area (Å²) in [6.07, 6.45) is 2.09. The molecule has 0 N–H and O–H groups in total. The molecule has 0 aliphatic heterocycles. The summed E-state index contributed by atoms with van der Waals surface area (Å²) in [5, 5.41) is 9.69. The Kier molecular flexibility index (Phi) is 13.1. The summed E-state index contributed by atoms with van der Waals surface area (Å²) in [5.41, 5.74) is 6.73. The van der Waals surface area contributed by atoms with Gasteiger partial charge in [0.1, 0.15) is 0 Å². The van der Waals surface area contributed by atoms with Crippen molar-refractivity contribution >= 4 is 28.4 Å². The predicted molar refractivity (Wildman–Crippen MR) is 139 cm³/mol. The quantitative estimate of drug-likeness (QED) is 0.243. The van der Waals surface area contributed by atoms with Crippen LogP contribution in [0.4, 0.5) is 11.4 Å². The fraction of sp³-hybridized carbons (Fsp3) is 0.370. The summed E-state index contributed by atoms with van der Waals surface area (Å²) in [7, 11) is 9.87. The molecule has 0 saturated heterocycles. The van der Waals surface area contributed by atoms with Gasteiger partial charge in [-0.15, -0.1) is 11.4 Å². The van der Waals surface area contributed by atoms with Crippen molar-refractivity contribution in [2.45, 2.75) is 53.6 Å². The van der Waals surface area contributed by atoms with Crippen LogP contribution in [0.5, 0.6) is 0 Å². The fourth-order valence-electron chi connectivity index (χ4n) is 3.59. The maximum absolute atomic E-state index is 4.93. The zero-order valence-electron chi connectivity index (χ0n) is 19.9. The number of para-hydroxylation sites is 2. The first-order chi connectivity index (χ1) is 15.9. The molecule has 0 radical (unpaired) electrons. The average molecular weight is 562 g/mol. The van der Waals surface area contributed by atoms with E-state index in [1.165, 1.54) is 11.1 Å². The van der Waals surface area contributed by atoms with Crippen molar-refractivity contribution in [3.8, 4) is 0 Å². The first-order valence-electron chi connectivity index (χ1n) is 11.3. The van der Waals surface area contributed by atoms with Gasteiger partial charge in [0.25, 0.3) is 0 Å². The topological polar surface area (TPSA) is 41.1 Å². The third kappa shape index (κ3) is 10.6. The standard InChI is InChI=1S/C27H33N3.2ClH.Zr/c1-20(2)16-22-10-5-7-14-26(22)28-18-24-12-9-13-25(30-24)19-29-27-15-8-6-11-23(27)17-21(3)4;;;/h5-15,20-21H,16-19H2,1-4H3;2*1H;/q-2;;;+4/p-2. The molecule has 174 valence electrons. The minimum atomic E-state index is -0.826. The molecule has 0 fully saturated rings. The third-order valence-electron chi connectivity index (χ3n) is 4.93. The normalized spacial score (nSPS) is 10.4. The Bertz CT molecular complexity index is 891. The van der Waals surface area contributed by atoms with Crippen molar-refractivity contribution in [1.29, 1.82) is 0 Å². The van der Waals surface area contributed by atoms with Gasteiger partial charge >= 0.3 is 37.9 Å². The molecule has 0 amide bonds. The molecule has 0 spiro atoms.